The van der Waals surface area contributed by atoms with Crippen molar-refractivity contribution in [2.75, 3.05) is 18.0 Å². The van der Waals surface area contributed by atoms with Crippen molar-refractivity contribution in [2.24, 2.45) is 5.73 Å². The van der Waals surface area contributed by atoms with E-state index in [-0.39, 0.29) is 17.4 Å². The van der Waals surface area contributed by atoms with E-state index in [2.05, 4.69) is 5.32 Å². The Labute approximate surface area is 131 Å². The first-order valence-corrected chi connectivity index (χ1v) is 7.88. The molecule has 2 amide bonds. The molecule has 0 spiro atoms. The lowest BCUT2D eigenvalue weighted by molar-refractivity contribution is -0.116. The van der Waals surface area contributed by atoms with Gasteiger partial charge in [-0.15, -0.1) is 0 Å². The van der Waals surface area contributed by atoms with Gasteiger partial charge in [0.05, 0.1) is 0 Å². The molecule has 1 aliphatic rings. The molecule has 5 heteroatoms. The number of anilines is 1. The highest BCUT2D eigenvalue weighted by atomic mass is 16.2. The first-order chi connectivity index (χ1) is 10.4. The van der Waals surface area contributed by atoms with Crippen LogP contribution >= 0.6 is 0 Å². The van der Waals surface area contributed by atoms with E-state index in [9.17, 15) is 9.59 Å². The number of hydrogen-bond acceptors (Lipinski definition) is 3. The van der Waals surface area contributed by atoms with Crippen LogP contribution < -0.4 is 16.0 Å². The van der Waals surface area contributed by atoms with Gasteiger partial charge in [0.2, 0.25) is 5.91 Å². The highest BCUT2D eigenvalue weighted by Gasteiger charge is 2.24. The first kappa shape index (κ1) is 16.5. The fourth-order valence-corrected chi connectivity index (χ4v) is 2.73. The highest BCUT2D eigenvalue weighted by molar-refractivity contribution is 5.97. The summed E-state index contributed by atoms with van der Waals surface area (Å²) in [5, 5.41) is 2.92. The fourth-order valence-electron chi connectivity index (χ4n) is 2.73. The van der Waals surface area contributed by atoms with Crippen LogP contribution in [-0.2, 0) is 11.2 Å². The zero-order valence-electron chi connectivity index (χ0n) is 13.6. The lowest BCUT2D eigenvalue weighted by atomic mass is 9.94. The SMILES string of the molecule is CCC(N)(CC)CNC(=O)c1ccc2c(c1)CCN2C(C)=O. The van der Waals surface area contributed by atoms with E-state index in [0.717, 1.165) is 30.5 Å². The van der Waals surface area contributed by atoms with Crippen molar-refractivity contribution in [3.8, 4) is 0 Å². The predicted octanol–water partition coefficient (Wildman–Crippen LogP) is 1.84. The molecule has 3 N–H and O–H groups in total. The number of carbonyl (C=O) groups excluding carboxylic acids is 2. The Balaban J connectivity index is 2.08. The van der Waals surface area contributed by atoms with E-state index < -0.39 is 0 Å². The second-order valence-electron chi connectivity index (χ2n) is 6.02. The minimum Gasteiger partial charge on any atom is -0.350 e. The summed E-state index contributed by atoms with van der Waals surface area (Å²) in [5.74, 6) is -0.0736. The molecule has 5 nitrogen and oxygen atoms in total. The van der Waals surface area contributed by atoms with Gasteiger partial charge in [-0.3, -0.25) is 9.59 Å². The third-order valence-electron chi connectivity index (χ3n) is 4.63. The van der Waals surface area contributed by atoms with Gasteiger partial charge in [-0.25, -0.2) is 0 Å². The van der Waals surface area contributed by atoms with Crippen molar-refractivity contribution in [1.29, 1.82) is 0 Å². The summed E-state index contributed by atoms with van der Waals surface area (Å²) in [7, 11) is 0. The van der Waals surface area contributed by atoms with Crippen molar-refractivity contribution in [3.63, 3.8) is 0 Å². The summed E-state index contributed by atoms with van der Waals surface area (Å²) in [6.45, 7) is 6.78. The van der Waals surface area contributed by atoms with E-state index in [4.69, 9.17) is 5.73 Å². The van der Waals surface area contributed by atoms with Crippen LogP contribution in [0.5, 0.6) is 0 Å². The van der Waals surface area contributed by atoms with Gasteiger partial charge in [0.1, 0.15) is 0 Å². The quantitative estimate of drug-likeness (QED) is 0.871. The van der Waals surface area contributed by atoms with E-state index in [1.165, 1.54) is 0 Å². The summed E-state index contributed by atoms with van der Waals surface area (Å²) in [6.07, 6.45) is 2.43. The Morgan fingerprint density at radius 2 is 2.00 bits per heavy atom. The van der Waals surface area contributed by atoms with Crippen molar-refractivity contribution in [3.05, 3.63) is 29.3 Å². The van der Waals surface area contributed by atoms with E-state index >= 15 is 0 Å². The first-order valence-electron chi connectivity index (χ1n) is 7.88. The Hall–Kier alpha value is -1.88. The Morgan fingerprint density at radius 1 is 1.32 bits per heavy atom. The summed E-state index contributed by atoms with van der Waals surface area (Å²) < 4.78 is 0. The molecular weight excluding hydrogens is 278 g/mol. The monoisotopic (exact) mass is 303 g/mol. The lowest BCUT2D eigenvalue weighted by Crippen LogP contribution is -2.49. The van der Waals surface area contributed by atoms with Crippen molar-refractivity contribution >= 4 is 17.5 Å². The highest BCUT2D eigenvalue weighted by Crippen LogP contribution is 2.28. The van der Waals surface area contributed by atoms with Gasteiger partial charge >= 0.3 is 0 Å². The second kappa shape index (κ2) is 6.48. The molecule has 0 saturated carbocycles. The van der Waals surface area contributed by atoms with Gasteiger partial charge in [-0.05, 0) is 43.0 Å². The number of carbonyl (C=O) groups is 2. The van der Waals surface area contributed by atoms with Crippen LogP contribution in [0.3, 0.4) is 0 Å². The van der Waals surface area contributed by atoms with Crippen LogP contribution in [0.1, 0.15) is 49.5 Å². The third-order valence-corrected chi connectivity index (χ3v) is 4.63. The summed E-state index contributed by atoms with van der Waals surface area (Å²) in [4.78, 5) is 25.6. The average Bonchev–Trinajstić information content (AvgIpc) is 2.95. The summed E-state index contributed by atoms with van der Waals surface area (Å²) >= 11 is 0. The Morgan fingerprint density at radius 3 is 2.59 bits per heavy atom. The maximum Gasteiger partial charge on any atom is 0.251 e. The third kappa shape index (κ3) is 3.30. The minimum atomic E-state index is -0.349. The zero-order chi connectivity index (χ0) is 16.3. The van der Waals surface area contributed by atoms with Gasteiger partial charge in [-0.1, -0.05) is 13.8 Å². The van der Waals surface area contributed by atoms with Crippen LogP contribution in [-0.4, -0.2) is 30.4 Å². The minimum absolute atomic E-state index is 0.0368. The van der Waals surface area contributed by atoms with Crippen LogP contribution in [0.25, 0.3) is 0 Å². The molecule has 0 bridgehead atoms. The molecule has 22 heavy (non-hydrogen) atoms. The van der Waals surface area contributed by atoms with Gasteiger partial charge in [0.25, 0.3) is 5.91 Å². The molecule has 1 aromatic rings. The normalized spacial score (nSPS) is 13.9. The van der Waals surface area contributed by atoms with Gasteiger partial charge in [-0.2, -0.15) is 0 Å². The van der Waals surface area contributed by atoms with E-state index in [1.54, 1.807) is 17.9 Å². The number of nitrogens with two attached hydrogens (primary N) is 1. The van der Waals surface area contributed by atoms with Crippen molar-refractivity contribution < 1.29 is 9.59 Å². The predicted molar refractivity (Wildman–Crippen MR) is 88.0 cm³/mol. The lowest BCUT2D eigenvalue weighted by Gasteiger charge is -2.26. The van der Waals surface area contributed by atoms with Crippen LogP contribution in [0.2, 0.25) is 0 Å². The van der Waals surface area contributed by atoms with Gasteiger partial charge in [0.15, 0.2) is 0 Å². The van der Waals surface area contributed by atoms with E-state index in [0.29, 0.717) is 18.7 Å². The number of amides is 2. The number of nitrogens with zero attached hydrogens (tertiary/aromatic N) is 1. The van der Waals surface area contributed by atoms with Crippen LogP contribution in [0.4, 0.5) is 5.69 Å². The molecule has 0 atom stereocenters. The molecule has 1 heterocycles. The summed E-state index contributed by atoms with van der Waals surface area (Å²) in [6, 6.07) is 5.50. The van der Waals surface area contributed by atoms with Gasteiger partial charge in [0, 0.05) is 36.8 Å². The maximum atomic E-state index is 12.3. The standard InChI is InChI=1S/C17H25N3O2/c1-4-17(18,5-2)11-19-16(22)14-6-7-15-13(10-14)8-9-20(15)12(3)21/h6-7,10H,4-5,8-9,11,18H2,1-3H3,(H,19,22). The zero-order valence-corrected chi connectivity index (χ0v) is 13.6. The molecule has 2 rings (SSSR count). The molecule has 0 saturated heterocycles. The van der Waals surface area contributed by atoms with Crippen molar-refractivity contribution in [2.45, 2.75) is 45.6 Å². The Kier molecular flexibility index (Phi) is 4.86. The molecule has 0 radical (unpaired) electrons. The molecule has 120 valence electrons. The number of fused-ring (bicyclic) bond motifs is 1. The molecular formula is C17H25N3O2. The molecule has 0 fully saturated rings. The van der Waals surface area contributed by atoms with Crippen molar-refractivity contribution in [1.82, 2.24) is 5.32 Å². The molecule has 1 aromatic carbocycles. The fraction of sp³-hybridized carbons (Fsp3) is 0.529. The topological polar surface area (TPSA) is 75.4 Å². The number of hydrogen-bond donors (Lipinski definition) is 2. The van der Waals surface area contributed by atoms with E-state index in [1.807, 2.05) is 26.0 Å². The summed E-state index contributed by atoms with van der Waals surface area (Å²) in [5.41, 5.74) is 8.45. The molecule has 1 aliphatic heterocycles. The number of nitrogens with one attached hydrogen (secondary N) is 1. The average molecular weight is 303 g/mol. The van der Waals surface area contributed by atoms with Crippen LogP contribution in [0.15, 0.2) is 18.2 Å². The smallest absolute Gasteiger partial charge is 0.251 e. The largest absolute Gasteiger partial charge is 0.350 e. The molecule has 0 aliphatic carbocycles. The number of benzene rings is 1. The second-order valence-corrected chi connectivity index (χ2v) is 6.02. The molecule has 0 aromatic heterocycles. The number of rotatable bonds is 5. The maximum absolute atomic E-state index is 12.3. The van der Waals surface area contributed by atoms with Gasteiger partial charge < -0.3 is 16.0 Å². The van der Waals surface area contributed by atoms with Crippen LogP contribution in [0, 0.1) is 0 Å². The molecule has 0 unspecified atom stereocenters. The Bertz CT molecular complexity index is 579.